The number of para-hydroxylation sites is 1. The SMILES string of the molecule is C(=C(c1ccc(OCc2ccc3ccccc3n2)cc1)c1nnco1)c1ccco1. The summed E-state index contributed by atoms with van der Waals surface area (Å²) in [5, 5.41) is 8.92. The third kappa shape index (κ3) is 3.84. The summed E-state index contributed by atoms with van der Waals surface area (Å²) in [6.07, 6.45) is 4.79. The van der Waals surface area contributed by atoms with E-state index in [-0.39, 0.29) is 0 Å². The van der Waals surface area contributed by atoms with E-state index in [2.05, 4.69) is 21.2 Å². The van der Waals surface area contributed by atoms with Crippen molar-refractivity contribution >= 4 is 22.6 Å². The maximum atomic E-state index is 5.92. The van der Waals surface area contributed by atoms with Gasteiger partial charge in [0.05, 0.1) is 17.5 Å². The average molecular weight is 395 g/mol. The van der Waals surface area contributed by atoms with Crippen LogP contribution in [0.3, 0.4) is 0 Å². The van der Waals surface area contributed by atoms with Gasteiger partial charge in [-0.1, -0.05) is 36.4 Å². The molecule has 0 N–H and O–H groups in total. The standard InChI is InChI=1S/C24H17N3O3/c1-2-6-23-18(4-1)7-10-19(26-23)15-29-20-11-8-17(9-12-20)22(24-27-25-16-30-24)14-21-5-3-13-28-21/h1-14,16H,15H2. The molecule has 3 heterocycles. The number of pyridine rings is 1. The molecule has 0 saturated heterocycles. The zero-order valence-electron chi connectivity index (χ0n) is 15.9. The third-order valence-electron chi connectivity index (χ3n) is 4.63. The van der Waals surface area contributed by atoms with E-state index in [4.69, 9.17) is 13.6 Å². The lowest BCUT2D eigenvalue weighted by Crippen LogP contribution is -1.98. The van der Waals surface area contributed by atoms with Gasteiger partial charge in [0.1, 0.15) is 18.1 Å². The van der Waals surface area contributed by atoms with Crippen molar-refractivity contribution in [1.82, 2.24) is 15.2 Å². The van der Waals surface area contributed by atoms with Crippen molar-refractivity contribution < 1.29 is 13.6 Å². The second-order valence-electron chi connectivity index (χ2n) is 6.63. The summed E-state index contributed by atoms with van der Waals surface area (Å²) in [6, 6.07) is 23.5. The summed E-state index contributed by atoms with van der Waals surface area (Å²) in [4.78, 5) is 4.64. The molecule has 3 aromatic heterocycles. The van der Waals surface area contributed by atoms with Crippen LogP contribution in [-0.2, 0) is 6.61 Å². The summed E-state index contributed by atoms with van der Waals surface area (Å²) in [7, 11) is 0. The Morgan fingerprint density at radius 1 is 0.900 bits per heavy atom. The molecule has 0 amide bonds. The molecular formula is C24H17N3O3. The summed E-state index contributed by atoms with van der Waals surface area (Å²) >= 11 is 0. The average Bonchev–Trinajstić information content (AvgIpc) is 3.51. The molecule has 146 valence electrons. The Morgan fingerprint density at radius 3 is 2.60 bits per heavy atom. The third-order valence-corrected chi connectivity index (χ3v) is 4.63. The van der Waals surface area contributed by atoms with Crippen LogP contribution in [0.25, 0.3) is 22.6 Å². The van der Waals surface area contributed by atoms with E-state index in [0.717, 1.165) is 33.5 Å². The van der Waals surface area contributed by atoms with Crippen LogP contribution >= 0.6 is 0 Å². The molecule has 5 aromatic rings. The van der Waals surface area contributed by atoms with Gasteiger partial charge in [-0.3, -0.25) is 0 Å². The second kappa shape index (κ2) is 8.05. The van der Waals surface area contributed by atoms with Crippen molar-refractivity contribution in [3.8, 4) is 5.75 Å². The fraction of sp³-hybridized carbons (Fsp3) is 0.0417. The van der Waals surface area contributed by atoms with Gasteiger partial charge in [0.25, 0.3) is 0 Å². The summed E-state index contributed by atoms with van der Waals surface area (Å²) in [5.74, 6) is 1.86. The van der Waals surface area contributed by atoms with Gasteiger partial charge in [-0.05, 0) is 48.0 Å². The zero-order chi connectivity index (χ0) is 20.2. The highest BCUT2D eigenvalue weighted by Gasteiger charge is 2.12. The van der Waals surface area contributed by atoms with Crippen molar-refractivity contribution in [2.45, 2.75) is 6.61 Å². The Hall–Kier alpha value is -4.19. The monoisotopic (exact) mass is 395 g/mol. The highest BCUT2D eigenvalue weighted by Crippen LogP contribution is 2.27. The summed E-state index contributed by atoms with van der Waals surface area (Å²) < 4.78 is 16.7. The first-order valence-electron chi connectivity index (χ1n) is 9.45. The molecule has 0 aliphatic carbocycles. The van der Waals surface area contributed by atoms with Gasteiger partial charge in [-0.15, -0.1) is 10.2 Å². The Labute approximate surface area is 172 Å². The number of furan rings is 1. The molecule has 0 unspecified atom stereocenters. The fourth-order valence-corrected chi connectivity index (χ4v) is 3.15. The van der Waals surface area contributed by atoms with Gasteiger partial charge in [0.2, 0.25) is 12.3 Å². The second-order valence-corrected chi connectivity index (χ2v) is 6.63. The van der Waals surface area contributed by atoms with E-state index < -0.39 is 0 Å². The van der Waals surface area contributed by atoms with E-state index in [9.17, 15) is 0 Å². The minimum Gasteiger partial charge on any atom is -0.487 e. The molecule has 5 rings (SSSR count). The van der Waals surface area contributed by atoms with E-state index in [1.54, 1.807) is 6.26 Å². The molecule has 0 aliphatic heterocycles. The van der Waals surface area contributed by atoms with Crippen molar-refractivity contribution in [2.75, 3.05) is 0 Å². The number of rotatable bonds is 6. The van der Waals surface area contributed by atoms with Crippen molar-refractivity contribution in [3.63, 3.8) is 0 Å². The molecule has 0 bridgehead atoms. The number of hydrogen-bond donors (Lipinski definition) is 0. The number of fused-ring (bicyclic) bond motifs is 1. The van der Waals surface area contributed by atoms with Crippen molar-refractivity contribution in [2.24, 2.45) is 0 Å². The van der Waals surface area contributed by atoms with E-state index in [0.29, 0.717) is 18.3 Å². The highest BCUT2D eigenvalue weighted by atomic mass is 16.5. The molecule has 6 nitrogen and oxygen atoms in total. The van der Waals surface area contributed by atoms with Gasteiger partial charge in [-0.25, -0.2) is 4.98 Å². The van der Waals surface area contributed by atoms with Gasteiger partial charge in [-0.2, -0.15) is 0 Å². The summed E-state index contributed by atoms with van der Waals surface area (Å²) in [5.41, 5.74) is 3.51. The Balaban J connectivity index is 1.35. The van der Waals surface area contributed by atoms with Crippen LogP contribution in [-0.4, -0.2) is 15.2 Å². The molecule has 0 fully saturated rings. The van der Waals surface area contributed by atoms with Crippen LogP contribution in [0.2, 0.25) is 0 Å². The molecule has 0 aliphatic rings. The molecule has 0 atom stereocenters. The van der Waals surface area contributed by atoms with E-state index >= 15 is 0 Å². The molecular weight excluding hydrogens is 378 g/mol. The lowest BCUT2D eigenvalue weighted by atomic mass is 10.0. The lowest BCUT2D eigenvalue weighted by Gasteiger charge is -2.08. The molecule has 0 radical (unpaired) electrons. The molecule has 6 heteroatoms. The fourth-order valence-electron chi connectivity index (χ4n) is 3.15. The van der Waals surface area contributed by atoms with E-state index in [1.807, 2.05) is 72.8 Å². The Morgan fingerprint density at radius 2 is 1.80 bits per heavy atom. The van der Waals surface area contributed by atoms with Gasteiger partial charge >= 0.3 is 0 Å². The molecule has 0 saturated carbocycles. The largest absolute Gasteiger partial charge is 0.487 e. The normalized spacial score (nSPS) is 11.7. The van der Waals surface area contributed by atoms with Crippen LogP contribution in [0.4, 0.5) is 0 Å². The number of aromatic nitrogens is 3. The summed E-state index contributed by atoms with van der Waals surface area (Å²) in [6.45, 7) is 0.392. The highest BCUT2D eigenvalue weighted by molar-refractivity contribution is 5.87. The van der Waals surface area contributed by atoms with Crippen molar-refractivity contribution in [1.29, 1.82) is 0 Å². The Bertz CT molecular complexity index is 1280. The molecule has 0 spiro atoms. The first-order chi connectivity index (χ1) is 14.8. The zero-order valence-corrected chi connectivity index (χ0v) is 15.9. The maximum absolute atomic E-state index is 5.92. The quantitative estimate of drug-likeness (QED) is 0.384. The number of nitrogens with zero attached hydrogens (tertiary/aromatic N) is 3. The van der Waals surface area contributed by atoms with Gasteiger partial charge in [0, 0.05) is 11.0 Å². The van der Waals surface area contributed by atoms with Crippen LogP contribution in [0.1, 0.15) is 22.9 Å². The predicted molar refractivity (Wildman–Crippen MR) is 112 cm³/mol. The minimum absolute atomic E-state index is 0.392. The lowest BCUT2D eigenvalue weighted by molar-refractivity contribution is 0.302. The molecule has 30 heavy (non-hydrogen) atoms. The van der Waals surface area contributed by atoms with Gasteiger partial charge < -0.3 is 13.6 Å². The smallest absolute Gasteiger partial charge is 0.248 e. The topological polar surface area (TPSA) is 74.2 Å². The van der Waals surface area contributed by atoms with Crippen LogP contribution in [0, 0.1) is 0 Å². The van der Waals surface area contributed by atoms with Crippen LogP contribution in [0.5, 0.6) is 5.75 Å². The van der Waals surface area contributed by atoms with Crippen LogP contribution in [0.15, 0.2) is 94.3 Å². The first kappa shape index (κ1) is 17.9. The number of ether oxygens (including phenoxy) is 1. The predicted octanol–water partition coefficient (Wildman–Crippen LogP) is 5.38. The number of benzene rings is 2. The van der Waals surface area contributed by atoms with Crippen molar-refractivity contribution in [3.05, 3.63) is 108 Å². The molecule has 2 aromatic carbocycles. The van der Waals surface area contributed by atoms with E-state index in [1.165, 1.54) is 6.39 Å². The number of hydrogen-bond acceptors (Lipinski definition) is 6. The first-order valence-corrected chi connectivity index (χ1v) is 9.45. The maximum Gasteiger partial charge on any atom is 0.248 e. The minimum atomic E-state index is 0.392. The van der Waals surface area contributed by atoms with Crippen LogP contribution < -0.4 is 4.74 Å². The van der Waals surface area contributed by atoms with Gasteiger partial charge in [0.15, 0.2) is 0 Å². The Kier molecular flexibility index (Phi) is 4.79.